The van der Waals surface area contributed by atoms with Gasteiger partial charge < -0.3 is 15.2 Å². The van der Waals surface area contributed by atoms with Crippen molar-refractivity contribution in [2.24, 2.45) is 5.73 Å². The van der Waals surface area contributed by atoms with Gasteiger partial charge in [-0.3, -0.25) is 0 Å². The van der Waals surface area contributed by atoms with Gasteiger partial charge in [0.1, 0.15) is 0 Å². The highest BCUT2D eigenvalue weighted by Crippen LogP contribution is 2.27. The van der Waals surface area contributed by atoms with Crippen LogP contribution in [0.5, 0.6) is 0 Å². The Balaban J connectivity index is 2.52. The lowest BCUT2D eigenvalue weighted by Gasteiger charge is -2.13. The van der Waals surface area contributed by atoms with Crippen molar-refractivity contribution in [3.8, 4) is 0 Å². The molecular weight excluding hydrogens is 218 g/mol. The van der Waals surface area contributed by atoms with E-state index >= 15 is 0 Å². The molecule has 1 aliphatic rings. The Hall–Kier alpha value is -1.03. The second kappa shape index (κ2) is 6.64. The summed E-state index contributed by atoms with van der Waals surface area (Å²) < 4.78 is 10.8. The number of unbranched alkanes of at least 4 members (excludes halogenated alkanes) is 1. The van der Waals surface area contributed by atoms with E-state index < -0.39 is 0 Å². The molecule has 1 unspecified atom stereocenters. The Bertz CT molecular complexity index is 297. The number of ether oxygens (including phenoxy) is 2. The molecule has 0 aromatic rings. The fourth-order valence-electron chi connectivity index (χ4n) is 1.82. The van der Waals surface area contributed by atoms with Crippen molar-refractivity contribution in [1.29, 1.82) is 0 Å². The largest absolute Gasteiger partial charge is 0.460 e. The highest BCUT2D eigenvalue weighted by atomic mass is 16.5. The molecule has 0 heterocycles. The van der Waals surface area contributed by atoms with Gasteiger partial charge in [0.25, 0.3) is 0 Å². The SMILES string of the molecule is CCCCOC1CCC(C(=O)OC(C)C)=C1N. The van der Waals surface area contributed by atoms with Crippen molar-refractivity contribution >= 4 is 5.97 Å². The van der Waals surface area contributed by atoms with E-state index in [0.717, 1.165) is 19.3 Å². The average molecular weight is 241 g/mol. The van der Waals surface area contributed by atoms with Crippen LogP contribution in [-0.2, 0) is 14.3 Å². The molecular formula is C13H23NO3. The van der Waals surface area contributed by atoms with Crippen LogP contribution < -0.4 is 5.73 Å². The van der Waals surface area contributed by atoms with E-state index in [2.05, 4.69) is 6.92 Å². The van der Waals surface area contributed by atoms with Gasteiger partial charge >= 0.3 is 5.97 Å². The van der Waals surface area contributed by atoms with Crippen molar-refractivity contribution in [3.05, 3.63) is 11.3 Å². The van der Waals surface area contributed by atoms with Gasteiger partial charge in [-0.25, -0.2) is 4.79 Å². The third-order valence-corrected chi connectivity index (χ3v) is 2.76. The van der Waals surface area contributed by atoms with Gasteiger partial charge in [-0.2, -0.15) is 0 Å². The maximum Gasteiger partial charge on any atom is 0.336 e. The molecule has 0 saturated carbocycles. The molecule has 1 aliphatic carbocycles. The zero-order valence-corrected chi connectivity index (χ0v) is 11.0. The van der Waals surface area contributed by atoms with Gasteiger partial charge in [-0.05, 0) is 33.1 Å². The summed E-state index contributed by atoms with van der Waals surface area (Å²) in [5.41, 5.74) is 7.10. The van der Waals surface area contributed by atoms with E-state index in [0.29, 0.717) is 24.3 Å². The predicted molar refractivity (Wildman–Crippen MR) is 66.3 cm³/mol. The first-order chi connectivity index (χ1) is 8.06. The normalized spacial score (nSPS) is 20.1. The lowest BCUT2D eigenvalue weighted by molar-refractivity contribution is -0.142. The Labute approximate surface area is 103 Å². The van der Waals surface area contributed by atoms with Crippen LogP contribution in [0.25, 0.3) is 0 Å². The van der Waals surface area contributed by atoms with Gasteiger partial charge in [0.05, 0.1) is 17.8 Å². The van der Waals surface area contributed by atoms with Crippen LogP contribution in [0.4, 0.5) is 0 Å². The van der Waals surface area contributed by atoms with E-state index in [4.69, 9.17) is 15.2 Å². The highest BCUT2D eigenvalue weighted by molar-refractivity contribution is 5.90. The first-order valence-corrected chi connectivity index (χ1v) is 6.37. The molecule has 1 rings (SSSR count). The van der Waals surface area contributed by atoms with Crippen LogP contribution in [0.15, 0.2) is 11.3 Å². The third kappa shape index (κ3) is 4.04. The molecule has 98 valence electrons. The zero-order valence-electron chi connectivity index (χ0n) is 11.0. The van der Waals surface area contributed by atoms with Crippen LogP contribution in [0, 0.1) is 0 Å². The molecule has 2 N–H and O–H groups in total. The summed E-state index contributed by atoms with van der Waals surface area (Å²) in [5, 5.41) is 0. The number of hydrogen-bond donors (Lipinski definition) is 1. The second-order valence-electron chi connectivity index (χ2n) is 4.64. The number of rotatable bonds is 6. The summed E-state index contributed by atoms with van der Waals surface area (Å²) in [7, 11) is 0. The fourth-order valence-corrected chi connectivity index (χ4v) is 1.82. The lowest BCUT2D eigenvalue weighted by Crippen LogP contribution is -2.21. The minimum Gasteiger partial charge on any atom is -0.460 e. The molecule has 4 heteroatoms. The van der Waals surface area contributed by atoms with E-state index in [1.54, 1.807) is 0 Å². The van der Waals surface area contributed by atoms with Crippen LogP contribution in [0.3, 0.4) is 0 Å². The van der Waals surface area contributed by atoms with Crippen molar-refractivity contribution in [1.82, 2.24) is 0 Å². The molecule has 0 aliphatic heterocycles. The number of esters is 1. The summed E-state index contributed by atoms with van der Waals surface area (Å²) in [6.07, 6.45) is 3.36. The average Bonchev–Trinajstić information content (AvgIpc) is 2.60. The van der Waals surface area contributed by atoms with Crippen molar-refractivity contribution in [2.45, 2.75) is 58.7 Å². The van der Waals surface area contributed by atoms with Crippen molar-refractivity contribution in [3.63, 3.8) is 0 Å². The molecule has 0 saturated heterocycles. The standard InChI is InChI=1S/C13H23NO3/c1-4-5-8-16-11-7-6-10(12(11)14)13(15)17-9(2)3/h9,11H,4-8,14H2,1-3H3. The first-order valence-electron chi connectivity index (χ1n) is 6.37. The van der Waals surface area contributed by atoms with E-state index in [-0.39, 0.29) is 18.2 Å². The summed E-state index contributed by atoms with van der Waals surface area (Å²) in [6.45, 7) is 6.48. The number of carbonyl (C=O) groups is 1. The Morgan fingerprint density at radius 3 is 2.82 bits per heavy atom. The van der Waals surface area contributed by atoms with Gasteiger partial charge in [0, 0.05) is 12.3 Å². The minimum atomic E-state index is -0.293. The van der Waals surface area contributed by atoms with Gasteiger partial charge in [0.2, 0.25) is 0 Å². The van der Waals surface area contributed by atoms with Crippen LogP contribution in [0.2, 0.25) is 0 Å². The Morgan fingerprint density at radius 1 is 1.53 bits per heavy atom. The molecule has 1 atom stereocenters. The number of hydrogen-bond acceptors (Lipinski definition) is 4. The third-order valence-electron chi connectivity index (χ3n) is 2.76. The number of carbonyl (C=O) groups excluding carboxylic acids is 1. The summed E-state index contributed by atoms with van der Waals surface area (Å²) in [5.74, 6) is -0.293. The molecule has 0 aromatic heterocycles. The van der Waals surface area contributed by atoms with Crippen molar-refractivity contribution < 1.29 is 14.3 Å². The lowest BCUT2D eigenvalue weighted by atomic mass is 10.2. The molecule has 17 heavy (non-hydrogen) atoms. The topological polar surface area (TPSA) is 61.5 Å². The summed E-state index contributed by atoms with van der Waals surface area (Å²) >= 11 is 0. The highest BCUT2D eigenvalue weighted by Gasteiger charge is 2.29. The summed E-state index contributed by atoms with van der Waals surface area (Å²) in [6, 6.07) is 0. The fraction of sp³-hybridized carbons (Fsp3) is 0.769. The predicted octanol–water partition coefficient (Wildman–Crippen LogP) is 2.13. The summed E-state index contributed by atoms with van der Waals surface area (Å²) in [4.78, 5) is 11.7. The molecule has 0 amide bonds. The van der Waals surface area contributed by atoms with E-state index in [1.165, 1.54) is 0 Å². The quantitative estimate of drug-likeness (QED) is 0.571. The van der Waals surface area contributed by atoms with E-state index in [1.807, 2.05) is 13.8 Å². The Kier molecular flexibility index (Phi) is 5.48. The smallest absolute Gasteiger partial charge is 0.336 e. The number of nitrogens with two attached hydrogens (primary N) is 1. The molecule has 0 bridgehead atoms. The molecule has 4 nitrogen and oxygen atoms in total. The van der Waals surface area contributed by atoms with E-state index in [9.17, 15) is 4.79 Å². The molecule has 0 fully saturated rings. The molecule has 0 spiro atoms. The van der Waals surface area contributed by atoms with Gasteiger partial charge in [-0.1, -0.05) is 13.3 Å². The minimum absolute atomic E-state index is 0.101. The van der Waals surface area contributed by atoms with Crippen LogP contribution in [0.1, 0.15) is 46.5 Å². The maximum absolute atomic E-state index is 11.7. The maximum atomic E-state index is 11.7. The van der Waals surface area contributed by atoms with Crippen LogP contribution in [-0.4, -0.2) is 24.8 Å². The van der Waals surface area contributed by atoms with Gasteiger partial charge in [-0.15, -0.1) is 0 Å². The second-order valence-corrected chi connectivity index (χ2v) is 4.64. The van der Waals surface area contributed by atoms with Crippen LogP contribution >= 0.6 is 0 Å². The zero-order chi connectivity index (χ0) is 12.8. The van der Waals surface area contributed by atoms with Crippen molar-refractivity contribution in [2.75, 3.05) is 6.61 Å². The monoisotopic (exact) mass is 241 g/mol. The Morgan fingerprint density at radius 2 is 2.24 bits per heavy atom. The van der Waals surface area contributed by atoms with Gasteiger partial charge in [0.15, 0.2) is 0 Å². The molecule has 0 radical (unpaired) electrons. The molecule has 0 aromatic carbocycles. The first kappa shape index (κ1) is 14.0.